The van der Waals surface area contributed by atoms with Crippen molar-refractivity contribution in [1.29, 1.82) is 0 Å². The first kappa shape index (κ1) is 26.2. The summed E-state index contributed by atoms with van der Waals surface area (Å²) in [4.78, 5) is 18.1. The zero-order chi connectivity index (χ0) is 21.1. The van der Waals surface area contributed by atoms with Crippen LogP contribution in [0.15, 0.2) is 29.3 Å². The number of piperidine rings is 1. The number of aliphatic imine (C=N–C) groups is 1. The summed E-state index contributed by atoms with van der Waals surface area (Å²) in [7, 11) is 0. The molecule has 1 aromatic carbocycles. The number of benzene rings is 1. The van der Waals surface area contributed by atoms with Gasteiger partial charge < -0.3 is 25.0 Å². The molecule has 0 aliphatic carbocycles. The van der Waals surface area contributed by atoms with E-state index in [-0.39, 0.29) is 36.1 Å². The Balaban J connectivity index is 0.00000450. The lowest BCUT2D eigenvalue weighted by Gasteiger charge is -2.32. The van der Waals surface area contributed by atoms with Gasteiger partial charge in [-0.25, -0.2) is 18.6 Å². The summed E-state index contributed by atoms with van der Waals surface area (Å²) in [6.45, 7) is 5.92. The van der Waals surface area contributed by atoms with E-state index in [9.17, 15) is 13.6 Å². The van der Waals surface area contributed by atoms with E-state index in [4.69, 9.17) is 9.47 Å². The van der Waals surface area contributed by atoms with Gasteiger partial charge in [-0.3, -0.25) is 0 Å². The molecule has 0 radical (unpaired) electrons. The molecular formula is C20H31F2IN4O3. The van der Waals surface area contributed by atoms with Crippen LogP contribution in [-0.2, 0) is 11.3 Å². The number of hydrogen-bond donors (Lipinski definition) is 2. The van der Waals surface area contributed by atoms with Crippen molar-refractivity contribution in [2.75, 3.05) is 32.8 Å². The molecule has 0 bridgehead atoms. The molecule has 1 fully saturated rings. The molecule has 10 heteroatoms. The summed E-state index contributed by atoms with van der Waals surface area (Å²) >= 11 is 0. The summed E-state index contributed by atoms with van der Waals surface area (Å²) in [6.07, 6.45) is -1.16. The number of carbonyl (C=O) groups is 1. The quantitative estimate of drug-likeness (QED) is 0.300. The Kier molecular flexibility index (Phi) is 12.4. The first-order valence-electron chi connectivity index (χ1n) is 9.98. The number of halogens is 3. The van der Waals surface area contributed by atoms with Gasteiger partial charge >= 0.3 is 6.09 Å². The van der Waals surface area contributed by atoms with Crippen molar-refractivity contribution < 1.29 is 23.0 Å². The second kappa shape index (κ2) is 14.2. The Bertz CT molecular complexity index is 671. The molecule has 1 aromatic rings. The zero-order valence-corrected chi connectivity index (χ0v) is 19.7. The number of carbonyl (C=O) groups excluding carboxylic acids is 1. The van der Waals surface area contributed by atoms with Gasteiger partial charge in [0, 0.05) is 25.7 Å². The highest BCUT2D eigenvalue weighted by Gasteiger charge is 2.24. The molecule has 0 spiro atoms. The number of ether oxygens (including phenoxy) is 2. The molecule has 1 amide bonds. The molecule has 170 valence electrons. The van der Waals surface area contributed by atoms with Gasteiger partial charge in [0.15, 0.2) is 5.96 Å². The highest BCUT2D eigenvalue weighted by atomic mass is 127. The predicted octanol–water partition coefficient (Wildman–Crippen LogP) is 3.62. The fraction of sp³-hybridized carbons (Fsp3) is 0.600. The number of amides is 1. The van der Waals surface area contributed by atoms with Crippen molar-refractivity contribution in [3.63, 3.8) is 0 Å². The summed E-state index contributed by atoms with van der Waals surface area (Å²) in [5.74, 6) is 1.09. The fourth-order valence-corrected chi connectivity index (χ4v) is 3.00. The van der Waals surface area contributed by atoms with E-state index in [0.717, 1.165) is 18.4 Å². The standard InChI is InChI=1S/C20H30F2N4O3.HI/c1-3-23-19(25-16-8-10-26(11-9-16)20(27)28-4-2)24-13-15-6-5-7-17(12-15)29-14-18(21)22;/h5-7,12,16,18H,3-4,8-11,13-14H2,1-2H3,(H2,23,24,25);1H. The lowest BCUT2D eigenvalue weighted by molar-refractivity contribution is 0.0818. The van der Waals surface area contributed by atoms with Crippen LogP contribution >= 0.6 is 24.0 Å². The third-order valence-electron chi connectivity index (χ3n) is 4.40. The number of hydrogen-bond acceptors (Lipinski definition) is 4. The SMILES string of the molecule is CCNC(=NCc1cccc(OCC(F)F)c1)NC1CCN(C(=O)OCC)CC1.I. The lowest BCUT2D eigenvalue weighted by atomic mass is 10.1. The first-order valence-corrected chi connectivity index (χ1v) is 9.98. The van der Waals surface area contributed by atoms with E-state index < -0.39 is 13.0 Å². The molecule has 2 N–H and O–H groups in total. The molecule has 0 atom stereocenters. The van der Waals surface area contributed by atoms with Crippen molar-refractivity contribution in [3.05, 3.63) is 29.8 Å². The van der Waals surface area contributed by atoms with Crippen molar-refractivity contribution in [2.45, 2.75) is 45.7 Å². The molecule has 0 unspecified atom stereocenters. The van der Waals surface area contributed by atoms with Crippen LogP contribution in [0.1, 0.15) is 32.3 Å². The minimum absolute atomic E-state index is 0. The smallest absolute Gasteiger partial charge is 0.409 e. The number of likely N-dealkylation sites (tertiary alicyclic amines) is 1. The van der Waals surface area contributed by atoms with Crippen LogP contribution in [0.5, 0.6) is 5.75 Å². The monoisotopic (exact) mass is 540 g/mol. The normalized spacial score (nSPS) is 14.8. The maximum absolute atomic E-state index is 12.3. The van der Waals surface area contributed by atoms with E-state index in [2.05, 4.69) is 15.6 Å². The molecule has 7 nitrogen and oxygen atoms in total. The van der Waals surface area contributed by atoms with E-state index in [1.165, 1.54) is 0 Å². The molecule has 1 aliphatic rings. The Morgan fingerprint density at radius 1 is 1.30 bits per heavy atom. The van der Waals surface area contributed by atoms with Gasteiger partial charge in [0.05, 0.1) is 13.2 Å². The molecule has 1 aliphatic heterocycles. The van der Waals surface area contributed by atoms with Crippen LogP contribution in [0.4, 0.5) is 13.6 Å². The van der Waals surface area contributed by atoms with Crippen molar-refractivity contribution >= 4 is 36.0 Å². The highest BCUT2D eigenvalue weighted by molar-refractivity contribution is 14.0. The average molecular weight is 540 g/mol. The Morgan fingerprint density at radius 3 is 2.67 bits per heavy atom. The summed E-state index contributed by atoms with van der Waals surface area (Å²) < 4.78 is 34.7. The third-order valence-corrected chi connectivity index (χ3v) is 4.40. The minimum atomic E-state index is -2.50. The molecule has 30 heavy (non-hydrogen) atoms. The van der Waals surface area contributed by atoms with Gasteiger partial charge in [-0.2, -0.15) is 0 Å². The second-order valence-electron chi connectivity index (χ2n) is 6.65. The first-order chi connectivity index (χ1) is 14.0. The number of alkyl halides is 2. The molecule has 1 heterocycles. The van der Waals surface area contributed by atoms with Crippen LogP contribution in [0.25, 0.3) is 0 Å². The molecule has 0 saturated carbocycles. The summed E-state index contributed by atoms with van der Waals surface area (Å²) in [5.41, 5.74) is 0.867. The van der Waals surface area contributed by atoms with E-state index in [1.54, 1.807) is 30.0 Å². The number of nitrogens with zero attached hydrogens (tertiary/aromatic N) is 2. The van der Waals surface area contributed by atoms with Gasteiger partial charge in [-0.1, -0.05) is 12.1 Å². The Labute approximate surface area is 193 Å². The van der Waals surface area contributed by atoms with Crippen LogP contribution < -0.4 is 15.4 Å². The predicted molar refractivity (Wildman–Crippen MR) is 123 cm³/mol. The topological polar surface area (TPSA) is 75.2 Å². The van der Waals surface area contributed by atoms with Crippen molar-refractivity contribution in [2.24, 2.45) is 4.99 Å². The number of rotatable bonds is 8. The largest absolute Gasteiger partial charge is 0.488 e. The third kappa shape index (κ3) is 9.31. The van der Waals surface area contributed by atoms with Gasteiger partial charge in [0.2, 0.25) is 0 Å². The summed E-state index contributed by atoms with van der Waals surface area (Å²) in [5, 5.41) is 6.62. The van der Waals surface area contributed by atoms with E-state index >= 15 is 0 Å². The molecule has 1 saturated heterocycles. The van der Waals surface area contributed by atoms with E-state index in [1.807, 2.05) is 13.0 Å². The second-order valence-corrected chi connectivity index (χ2v) is 6.65. The fourth-order valence-electron chi connectivity index (χ4n) is 3.00. The lowest BCUT2D eigenvalue weighted by Crippen LogP contribution is -2.49. The van der Waals surface area contributed by atoms with Crippen LogP contribution in [0.2, 0.25) is 0 Å². The van der Waals surface area contributed by atoms with Crippen molar-refractivity contribution in [1.82, 2.24) is 15.5 Å². The Hall–Kier alpha value is -1.85. The van der Waals surface area contributed by atoms with E-state index in [0.29, 0.717) is 44.5 Å². The van der Waals surface area contributed by atoms with Crippen LogP contribution in [0.3, 0.4) is 0 Å². The van der Waals surface area contributed by atoms with Gasteiger partial charge in [0.1, 0.15) is 12.4 Å². The summed E-state index contributed by atoms with van der Waals surface area (Å²) in [6, 6.07) is 7.21. The van der Waals surface area contributed by atoms with Crippen molar-refractivity contribution in [3.8, 4) is 5.75 Å². The van der Waals surface area contributed by atoms with Gasteiger partial charge in [-0.05, 0) is 44.4 Å². The van der Waals surface area contributed by atoms with Gasteiger partial charge in [0.25, 0.3) is 6.43 Å². The van der Waals surface area contributed by atoms with Crippen LogP contribution in [-0.4, -0.2) is 62.3 Å². The zero-order valence-electron chi connectivity index (χ0n) is 17.4. The molecule has 2 rings (SSSR count). The highest BCUT2D eigenvalue weighted by Crippen LogP contribution is 2.15. The number of nitrogens with one attached hydrogen (secondary N) is 2. The maximum atomic E-state index is 12.3. The van der Waals surface area contributed by atoms with Gasteiger partial charge in [-0.15, -0.1) is 24.0 Å². The molecule has 0 aromatic heterocycles. The number of guanidine groups is 1. The van der Waals surface area contributed by atoms with Crippen LogP contribution in [0, 0.1) is 0 Å². The molecular weight excluding hydrogens is 509 g/mol. The average Bonchev–Trinajstić information content (AvgIpc) is 2.72. The maximum Gasteiger partial charge on any atom is 0.409 e. The Morgan fingerprint density at radius 2 is 2.03 bits per heavy atom. The minimum Gasteiger partial charge on any atom is -0.488 e.